The molecule has 3 heterocycles. The lowest BCUT2D eigenvalue weighted by atomic mass is 9.76. The Morgan fingerprint density at radius 1 is 1.04 bits per heavy atom. The van der Waals surface area contributed by atoms with Gasteiger partial charge >= 0.3 is 0 Å². The van der Waals surface area contributed by atoms with E-state index in [1.165, 1.54) is 6.42 Å². The van der Waals surface area contributed by atoms with Gasteiger partial charge in [0.1, 0.15) is 5.82 Å². The van der Waals surface area contributed by atoms with Crippen molar-refractivity contribution < 1.29 is 8.91 Å². The summed E-state index contributed by atoms with van der Waals surface area (Å²) in [5, 5.41) is 4.25. The summed E-state index contributed by atoms with van der Waals surface area (Å²) in [6, 6.07) is 17.8. The highest BCUT2D eigenvalue weighted by Gasteiger charge is 2.48. The third-order valence-electron chi connectivity index (χ3n) is 6.33. The molecule has 0 spiro atoms. The van der Waals surface area contributed by atoms with E-state index in [1.54, 1.807) is 12.1 Å². The van der Waals surface area contributed by atoms with Crippen LogP contribution in [0.1, 0.15) is 42.6 Å². The van der Waals surface area contributed by atoms with Crippen LogP contribution in [-0.2, 0) is 0 Å². The van der Waals surface area contributed by atoms with Crippen LogP contribution in [0.25, 0.3) is 11.4 Å². The number of hydrogen-bond acceptors (Lipinski definition) is 4. The second-order valence-electron chi connectivity index (χ2n) is 7.71. The second kappa shape index (κ2) is 6.57. The number of piperidine rings is 1. The molecule has 5 heteroatoms. The van der Waals surface area contributed by atoms with Gasteiger partial charge in [0.25, 0.3) is 0 Å². The second-order valence-corrected chi connectivity index (χ2v) is 7.71. The van der Waals surface area contributed by atoms with E-state index in [2.05, 4.69) is 17.1 Å². The van der Waals surface area contributed by atoms with Gasteiger partial charge in [-0.3, -0.25) is 4.90 Å². The minimum Gasteiger partial charge on any atom is -0.339 e. The third kappa shape index (κ3) is 2.86. The molecule has 2 aliphatic rings. The Labute approximate surface area is 158 Å². The van der Waals surface area contributed by atoms with Crippen LogP contribution >= 0.6 is 0 Å². The Morgan fingerprint density at radius 3 is 2.59 bits per heavy atom. The van der Waals surface area contributed by atoms with Gasteiger partial charge in [-0.1, -0.05) is 47.6 Å². The highest BCUT2D eigenvalue weighted by molar-refractivity contribution is 5.53. The average molecular weight is 363 g/mol. The number of fused-ring (bicyclic) bond motifs is 2. The van der Waals surface area contributed by atoms with Crippen LogP contribution in [0.15, 0.2) is 59.1 Å². The molecule has 0 saturated carbocycles. The fourth-order valence-corrected chi connectivity index (χ4v) is 4.93. The molecule has 0 aliphatic carbocycles. The van der Waals surface area contributed by atoms with Gasteiger partial charge in [0.15, 0.2) is 0 Å². The van der Waals surface area contributed by atoms with E-state index < -0.39 is 0 Å². The maximum atomic E-state index is 13.4. The summed E-state index contributed by atoms with van der Waals surface area (Å²) < 4.78 is 19.2. The molecule has 0 N–H and O–H groups in total. The SMILES string of the molecule is CN1[C@@H]2CC[C@H]1[C@@H](c1nc(-c3ccccc3)no1)[C@H](c1ccc(F)cc1)C2. The highest BCUT2D eigenvalue weighted by Crippen LogP contribution is 2.50. The summed E-state index contributed by atoms with van der Waals surface area (Å²) in [6.45, 7) is 0. The van der Waals surface area contributed by atoms with E-state index in [0.717, 1.165) is 24.0 Å². The van der Waals surface area contributed by atoms with Gasteiger partial charge in [-0.25, -0.2) is 4.39 Å². The van der Waals surface area contributed by atoms with Crippen molar-refractivity contribution in [2.24, 2.45) is 0 Å². The van der Waals surface area contributed by atoms with Gasteiger partial charge < -0.3 is 4.52 Å². The van der Waals surface area contributed by atoms with E-state index in [1.807, 2.05) is 42.5 Å². The molecular formula is C22H22FN3O. The fraction of sp³-hybridized carbons (Fsp3) is 0.364. The van der Waals surface area contributed by atoms with Crippen molar-refractivity contribution in [2.75, 3.05) is 7.05 Å². The minimum absolute atomic E-state index is 0.129. The van der Waals surface area contributed by atoms with Gasteiger partial charge in [-0.2, -0.15) is 4.98 Å². The lowest BCUT2D eigenvalue weighted by Crippen LogP contribution is -2.44. The lowest BCUT2D eigenvalue weighted by molar-refractivity contribution is 0.120. The van der Waals surface area contributed by atoms with Gasteiger partial charge in [-0.05, 0) is 49.9 Å². The smallest absolute Gasteiger partial charge is 0.232 e. The lowest BCUT2D eigenvalue weighted by Gasteiger charge is -2.41. The fourth-order valence-electron chi connectivity index (χ4n) is 4.93. The van der Waals surface area contributed by atoms with Crippen molar-refractivity contribution >= 4 is 0 Å². The van der Waals surface area contributed by atoms with Crippen LogP contribution in [0.5, 0.6) is 0 Å². The van der Waals surface area contributed by atoms with Crippen molar-refractivity contribution in [3.05, 3.63) is 71.9 Å². The zero-order valence-corrected chi connectivity index (χ0v) is 15.3. The average Bonchev–Trinajstić information content (AvgIpc) is 3.26. The Morgan fingerprint density at radius 2 is 1.81 bits per heavy atom. The molecule has 0 radical (unpaired) electrons. The van der Waals surface area contributed by atoms with Crippen molar-refractivity contribution in [3.8, 4) is 11.4 Å². The largest absolute Gasteiger partial charge is 0.339 e. The highest BCUT2D eigenvalue weighted by atomic mass is 19.1. The first kappa shape index (κ1) is 16.6. The Bertz CT molecular complexity index is 924. The van der Waals surface area contributed by atoms with Gasteiger partial charge in [0.05, 0.1) is 5.92 Å². The molecule has 2 fully saturated rings. The molecule has 4 nitrogen and oxygen atoms in total. The van der Waals surface area contributed by atoms with Crippen molar-refractivity contribution in [2.45, 2.75) is 43.2 Å². The number of benzene rings is 2. The summed E-state index contributed by atoms with van der Waals surface area (Å²) >= 11 is 0. The summed E-state index contributed by atoms with van der Waals surface area (Å²) in [5.74, 6) is 1.52. The third-order valence-corrected chi connectivity index (χ3v) is 6.33. The van der Waals surface area contributed by atoms with E-state index >= 15 is 0 Å². The molecular weight excluding hydrogens is 341 g/mol. The molecule has 27 heavy (non-hydrogen) atoms. The van der Waals surface area contributed by atoms with E-state index in [-0.39, 0.29) is 17.7 Å². The topological polar surface area (TPSA) is 42.2 Å². The summed E-state index contributed by atoms with van der Waals surface area (Å²) in [7, 11) is 2.20. The molecule has 2 aromatic carbocycles. The number of nitrogens with zero attached hydrogens (tertiary/aromatic N) is 3. The molecule has 2 saturated heterocycles. The van der Waals surface area contributed by atoms with Crippen LogP contribution in [0.3, 0.4) is 0 Å². The normalized spacial score (nSPS) is 27.8. The molecule has 1 aromatic heterocycles. The first-order valence-electron chi connectivity index (χ1n) is 9.57. The molecule has 3 aromatic rings. The van der Waals surface area contributed by atoms with Crippen LogP contribution in [0.2, 0.25) is 0 Å². The molecule has 0 amide bonds. The van der Waals surface area contributed by atoms with Crippen molar-refractivity contribution in [3.63, 3.8) is 0 Å². The zero-order chi connectivity index (χ0) is 18.4. The zero-order valence-electron chi connectivity index (χ0n) is 15.3. The number of hydrogen-bond donors (Lipinski definition) is 0. The molecule has 0 unspecified atom stereocenters. The summed E-state index contributed by atoms with van der Waals surface area (Å²) in [6.07, 6.45) is 3.36. The van der Waals surface area contributed by atoms with E-state index in [0.29, 0.717) is 23.8 Å². The van der Waals surface area contributed by atoms with Crippen molar-refractivity contribution in [1.29, 1.82) is 0 Å². The first-order chi connectivity index (χ1) is 13.2. The molecule has 5 rings (SSSR count). The Balaban J connectivity index is 1.54. The summed E-state index contributed by atoms with van der Waals surface area (Å²) in [4.78, 5) is 7.24. The number of halogens is 1. The van der Waals surface area contributed by atoms with Crippen LogP contribution < -0.4 is 0 Å². The van der Waals surface area contributed by atoms with E-state index in [9.17, 15) is 4.39 Å². The number of rotatable bonds is 3. The number of aromatic nitrogens is 2. The predicted molar refractivity (Wildman–Crippen MR) is 101 cm³/mol. The maximum absolute atomic E-state index is 13.4. The monoisotopic (exact) mass is 363 g/mol. The number of likely N-dealkylation sites (N-methyl/N-ethyl adjacent to an activating group) is 1. The van der Waals surface area contributed by atoms with Gasteiger partial charge in [-0.15, -0.1) is 0 Å². The quantitative estimate of drug-likeness (QED) is 0.681. The van der Waals surface area contributed by atoms with Crippen LogP contribution in [0.4, 0.5) is 4.39 Å². The molecule has 4 atom stereocenters. The summed E-state index contributed by atoms with van der Waals surface area (Å²) in [5.41, 5.74) is 2.12. The Kier molecular flexibility index (Phi) is 4.05. The standard InChI is InChI=1S/C22H22FN3O/c1-26-17-11-12-19(26)20(18(13-17)14-7-9-16(23)10-8-14)22-24-21(25-27-22)15-5-3-2-4-6-15/h2-10,17-20H,11-13H2,1H3/t17-,18+,19+,20+/m1/s1. The van der Waals surface area contributed by atoms with Crippen LogP contribution in [0, 0.1) is 5.82 Å². The predicted octanol–water partition coefficient (Wildman–Crippen LogP) is 4.61. The van der Waals surface area contributed by atoms with Gasteiger partial charge in [0.2, 0.25) is 11.7 Å². The molecule has 2 aliphatic heterocycles. The first-order valence-corrected chi connectivity index (χ1v) is 9.57. The molecule has 2 bridgehead atoms. The maximum Gasteiger partial charge on any atom is 0.232 e. The Hall–Kier alpha value is -2.53. The molecule has 138 valence electrons. The van der Waals surface area contributed by atoms with Crippen molar-refractivity contribution in [1.82, 2.24) is 15.0 Å². The van der Waals surface area contributed by atoms with Gasteiger partial charge in [0, 0.05) is 17.6 Å². The van der Waals surface area contributed by atoms with E-state index in [4.69, 9.17) is 9.51 Å². The minimum atomic E-state index is -0.199. The van der Waals surface area contributed by atoms with Crippen LogP contribution in [-0.4, -0.2) is 34.2 Å².